The van der Waals surface area contributed by atoms with Gasteiger partial charge in [-0.05, 0) is 41.5 Å². The van der Waals surface area contributed by atoms with Gasteiger partial charge in [0.25, 0.3) is 0 Å². The van der Waals surface area contributed by atoms with Gasteiger partial charge in [0.1, 0.15) is 13.2 Å². The first-order valence-corrected chi connectivity index (χ1v) is 10.7. The Morgan fingerprint density at radius 1 is 1.07 bits per heavy atom. The Morgan fingerprint density at radius 3 is 2.52 bits per heavy atom. The average molecular weight is 414 g/mol. The van der Waals surface area contributed by atoms with Gasteiger partial charge in [0.15, 0.2) is 11.5 Å². The minimum Gasteiger partial charge on any atom is -0.486 e. The molecule has 0 radical (unpaired) electrons. The predicted octanol–water partition coefficient (Wildman–Crippen LogP) is 2.72. The molecular weight excluding hydrogens is 392 g/mol. The standard InChI is InChI=1S/C21H22N2O5S/c1-2-11-22-29(25,26)15-17-3-7-18(8-4-17)23-21(24)10-6-16-5-9-19-20(14-16)28-13-12-27-19/h2-10,14,22H,1,11-13,15H2,(H,23,24)/b10-6+. The number of sulfonamides is 1. The van der Waals surface area contributed by atoms with E-state index in [0.29, 0.717) is 36.0 Å². The zero-order valence-electron chi connectivity index (χ0n) is 15.8. The van der Waals surface area contributed by atoms with Gasteiger partial charge in [0, 0.05) is 18.3 Å². The zero-order valence-corrected chi connectivity index (χ0v) is 16.6. The van der Waals surface area contributed by atoms with Crippen molar-refractivity contribution in [1.82, 2.24) is 4.72 Å². The van der Waals surface area contributed by atoms with Crippen LogP contribution in [0.5, 0.6) is 11.5 Å². The summed E-state index contributed by atoms with van der Waals surface area (Å²) in [5.74, 6) is 0.915. The first-order chi connectivity index (χ1) is 13.9. The van der Waals surface area contributed by atoms with Crippen molar-refractivity contribution in [3.8, 4) is 11.5 Å². The second-order valence-corrected chi connectivity index (χ2v) is 8.13. The van der Waals surface area contributed by atoms with Crippen LogP contribution in [-0.2, 0) is 20.6 Å². The minimum atomic E-state index is -3.42. The van der Waals surface area contributed by atoms with Crippen LogP contribution >= 0.6 is 0 Å². The molecule has 0 saturated carbocycles. The van der Waals surface area contributed by atoms with Crippen LogP contribution in [0, 0.1) is 0 Å². The monoisotopic (exact) mass is 414 g/mol. The highest BCUT2D eigenvalue weighted by Crippen LogP contribution is 2.31. The lowest BCUT2D eigenvalue weighted by atomic mass is 10.1. The Kier molecular flexibility index (Phi) is 6.69. The molecule has 0 unspecified atom stereocenters. The second kappa shape index (κ2) is 9.40. The average Bonchev–Trinajstić information content (AvgIpc) is 2.72. The number of nitrogens with one attached hydrogen (secondary N) is 2. The molecule has 29 heavy (non-hydrogen) atoms. The maximum absolute atomic E-state index is 12.1. The number of anilines is 1. The normalized spacial score (nSPS) is 13.2. The quantitative estimate of drug-likeness (QED) is 0.512. The molecule has 0 spiro atoms. The van der Waals surface area contributed by atoms with Crippen molar-refractivity contribution in [2.24, 2.45) is 0 Å². The maximum Gasteiger partial charge on any atom is 0.248 e. The van der Waals surface area contributed by atoms with E-state index in [2.05, 4.69) is 16.6 Å². The molecule has 2 aromatic carbocycles. The molecule has 0 bridgehead atoms. The van der Waals surface area contributed by atoms with E-state index in [1.54, 1.807) is 30.3 Å². The zero-order chi connectivity index (χ0) is 20.7. The molecule has 0 saturated heterocycles. The van der Waals surface area contributed by atoms with E-state index in [9.17, 15) is 13.2 Å². The number of carbonyl (C=O) groups is 1. The summed E-state index contributed by atoms with van der Waals surface area (Å²) in [7, 11) is -3.42. The molecule has 8 heteroatoms. The Balaban J connectivity index is 1.56. The lowest BCUT2D eigenvalue weighted by Gasteiger charge is -2.18. The van der Waals surface area contributed by atoms with Gasteiger partial charge in [0.05, 0.1) is 5.75 Å². The van der Waals surface area contributed by atoms with Gasteiger partial charge in [-0.15, -0.1) is 6.58 Å². The lowest BCUT2D eigenvalue weighted by Crippen LogP contribution is -2.25. The van der Waals surface area contributed by atoms with E-state index in [4.69, 9.17) is 9.47 Å². The molecule has 2 N–H and O–H groups in total. The molecule has 1 aliphatic heterocycles. The summed E-state index contributed by atoms with van der Waals surface area (Å²) in [6, 6.07) is 12.1. The number of ether oxygens (including phenoxy) is 2. The lowest BCUT2D eigenvalue weighted by molar-refractivity contribution is -0.111. The molecule has 152 valence electrons. The first-order valence-electron chi connectivity index (χ1n) is 9.01. The van der Waals surface area contributed by atoms with Gasteiger partial charge in [-0.3, -0.25) is 4.79 Å². The van der Waals surface area contributed by atoms with E-state index in [1.165, 1.54) is 12.2 Å². The van der Waals surface area contributed by atoms with Crippen LogP contribution in [0.1, 0.15) is 11.1 Å². The summed E-state index contributed by atoms with van der Waals surface area (Å²) >= 11 is 0. The van der Waals surface area contributed by atoms with Crippen molar-refractivity contribution in [3.05, 3.63) is 72.3 Å². The third kappa shape index (κ3) is 6.20. The fraction of sp³-hybridized carbons (Fsp3) is 0.190. The Hall–Kier alpha value is -3.10. The molecular formula is C21H22N2O5S. The topological polar surface area (TPSA) is 93.7 Å². The smallest absolute Gasteiger partial charge is 0.248 e. The number of carbonyl (C=O) groups excluding carboxylic acids is 1. The van der Waals surface area contributed by atoms with Gasteiger partial charge in [-0.2, -0.15) is 0 Å². The summed E-state index contributed by atoms with van der Waals surface area (Å²) in [5.41, 5.74) is 2.00. The van der Waals surface area contributed by atoms with Crippen LogP contribution in [-0.4, -0.2) is 34.1 Å². The van der Waals surface area contributed by atoms with E-state index in [0.717, 1.165) is 5.56 Å². The van der Waals surface area contributed by atoms with Crippen molar-refractivity contribution in [1.29, 1.82) is 0 Å². The minimum absolute atomic E-state index is 0.140. The Labute approximate surface area is 170 Å². The Bertz CT molecular complexity index is 1010. The van der Waals surface area contributed by atoms with Crippen molar-refractivity contribution in [3.63, 3.8) is 0 Å². The number of hydrogen-bond acceptors (Lipinski definition) is 5. The van der Waals surface area contributed by atoms with Crippen LogP contribution in [0.4, 0.5) is 5.69 Å². The van der Waals surface area contributed by atoms with Crippen LogP contribution in [0.15, 0.2) is 61.2 Å². The molecule has 0 aromatic heterocycles. The molecule has 1 heterocycles. The molecule has 3 rings (SSSR count). The van der Waals surface area contributed by atoms with E-state index in [-0.39, 0.29) is 18.2 Å². The third-order valence-electron chi connectivity index (χ3n) is 4.02. The van der Waals surface area contributed by atoms with Crippen LogP contribution in [0.3, 0.4) is 0 Å². The summed E-state index contributed by atoms with van der Waals surface area (Å²) in [5, 5.41) is 2.74. The fourth-order valence-electron chi connectivity index (χ4n) is 2.66. The van der Waals surface area contributed by atoms with E-state index >= 15 is 0 Å². The van der Waals surface area contributed by atoms with Crippen LogP contribution in [0.25, 0.3) is 6.08 Å². The molecule has 7 nitrogen and oxygen atoms in total. The highest BCUT2D eigenvalue weighted by molar-refractivity contribution is 7.88. The Morgan fingerprint density at radius 2 is 1.79 bits per heavy atom. The molecule has 1 aliphatic rings. The van der Waals surface area contributed by atoms with Crippen molar-refractivity contribution >= 4 is 27.7 Å². The van der Waals surface area contributed by atoms with Gasteiger partial charge in [-0.1, -0.05) is 24.3 Å². The number of fused-ring (bicyclic) bond motifs is 1. The van der Waals surface area contributed by atoms with Gasteiger partial charge in [0.2, 0.25) is 15.9 Å². The summed E-state index contributed by atoms with van der Waals surface area (Å²) in [6.45, 7) is 4.70. The van der Waals surface area contributed by atoms with Crippen LogP contribution < -0.4 is 19.5 Å². The second-order valence-electron chi connectivity index (χ2n) is 6.32. The predicted molar refractivity (Wildman–Crippen MR) is 112 cm³/mol. The highest BCUT2D eigenvalue weighted by atomic mass is 32.2. The van der Waals surface area contributed by atoms with Gasteiger partial charge < -0.3 is 14.8 Å². The third-order valence-corrected chi connectivity index (χ3v) is 5.34. The number of hydrogen-bond donors (Lipinski definition) is 2. The van der Waals surface area contributed by atoms with Crippen molar-refractivity contribution in [2.75, 3.05) is 25.1 Å². The summed E-state index contributed by atoms with van der Waals surface area (Å²) in [6.07, 6.45) is 4.58. The number of benzene rings is 2. The SMILES string of the molecule is C=CCNS(=O)(=O)Cc1ccc(NC(=O)/C=C/c2ccc3c(c2)OCCO3)cc1. The largest absolute Gasteiger partial charge is 0.486 e. The maximum atomic E-state index is 12.1. The van der Waals surface area contributed by atoms with Gasteiger partial charge in [-0.25, -0.2) is 13.1 Å². The summed E-state index contributed by atoms with van der Waals surface area (Å²) < 4.78 is 37.2. The molecule has 0 aliphatic carbocycles. The van der Waals surface area contributed by atoms with E-state index < -0.39 is 10.0 Å². The highest BCUT2D eigenvalue weighted by Gasteiger charge is 2.11. The van der Waals surface area contributed by atoms with Crippen LogP contribution in [0.2, 0.25) is 0 Å². The van der Waals surface area contributed by atoms with Crippen molar-refractivity contribution < 1.29 is 22.7 Å². The molecule has 1 amide bonds. The fourth-order valence-corrected chi connectivity index (χ4v) is 3.77. The summed E-state index contributed by atoms with van der Waals surface area (Å²) in [4.78, 5) is 12.1. The number of amides is 1. The molecule has 0 fully saturated rings. The molecule has 2 aromatic rings. The van der Waals surface area contributed by atoms with Gasteiger partial charge >= 0.3 is 0 Å². The van der Waals surface area contributed by atoms with Crippen molar-refractivity contribution in [2.45, 2.75) is 5.75 Å². The first kappa shape index (κ1) is 20.6. The molecule has 0 atom stereocenters. The van der Waals surface area contributed by atoms with E-state index in [1.807, 2.05) is 18.2 Å². The number of rotatable bonds is 8.